The van der Waals surface area contributed by atoms with Gasteiger partial charge >= 0.3 is 12.1 Å². The average Bonchev–Trinajstić information content (AvgIpc) is 2.91. The van der Waals surface area contributed by atoms with Gasteiger partial charge in [-0.2, -0.15) is 0 Å². The summed E-state index contributed by atoms with van der Waals surface area (Å²) in [7, 11) is 0. The predicted octanol–water partition coefficient (Wildman–Crippen LogP) is 4.69. The van der Waals surface area contributed by atoms with E-state index >= 15 is 0 Å². The van der Waals surface area contributed by atoms with Crippen LogP contribution in [0, 0.1) is 0 Å². The fraction of sp³-hybridized carbons (Fsp3) is 0.241. The Hall–Kier alpha value is -4.46. The van der Waals surface area contributed by atoms with E-state index in [2.05, 4.69) is 10.6 Å². The monoisotopic (exact) mass is 502 g/mol. The lowest BCUT2D eigenvalue weighted by atomic mass is 10.1. The van der Waals surface area contributed by atoms with Gasteiger partial charge in [0, 0.05) is 24.1 Å². The quantitative estimate of drug-likeness (QED) is 0.275. The van der Waals surface area contributed by atoms with Gasteiger partial charge in [-0.25, -0.2) is 9.59 Å². The molecule has 8 nitrogen and oxygen atoms in total. The number of rotatable bonds is 12. The van der Waals surface area contributed by atoms with Crippen LogP contribution in [0.3, 0.4) is 0 Å². The van der Waals surface area contributed by atoms with Crippen LogP contribution in [0.5, 0.6) is 0 Å². The van der Waals surface area contributed by atoms with Crippen LogP contribution in [-0.4, -0.2) is 36.4 Å². The molecule has 0 saturated carbocycles. The zero-order valence-electron chi connectivity index (χ0n) is 20.6. The molecule has 3 aromatic carbocycles. The van der Waals surface area contributed by atoms with Gasteiger partial charge in [0.25, 0.3) is 0 Å². The van der Waals surface area contributed by atoms with E-state index in [1.165, 1.54) is 0 Å². The second-order valence-corrected chi connectivity index (χ2v) is 8.35. The summed E-state index contributed by atoms with van der Waals surface area (Å²) in [5, 5.41) is 5.30. The minimum absolute atomic E-state index is 0.0488. The number of amides is 2. The highest BCUT2D eigenvalue weighted by molar-refractivity contribution is 5.99. The third kappa shape index (κ3) is 9.25. The highest BCUT2D eigenvalue weighted by atomic mass is 16.6. The van der Waals surface area contributed by atoms with Crippen molar-refractivity contribution in [2.45, 2.75) is 38.8 Å². The number of anilines is 1. The Bertz CT molecular complexity index is 1180. The number of ether oxygens (including phenoxy) is 2. The largest absolute Gasteiger partial charge is 0.456 e. The van der Waals surface area contributed by atoms with Crippen LogP contribution in [0.1, 0.15) is 41.3 Å². The minimum atomic E-state index is -1.05. The van der Waals surface area contributed by atoms with Crippen LogP contribution >= 0.6 is 0 Å². The van der Waals surface area contributed by atoms with Crippen molar-refractivity contribution in [1.29, 1.82) is 0 Å². The summed E-state index contributed by atoms with van der Waals surface area (Å²) in [6, 6.07) is 23.6. The molecule has 0 aliphatic rings. The number of hydrogen-bond donors (Lipinski definition) is 2. The molecule has 8 heteroatoms. The molecular weight excluding hydrogens is 472 g/mol. The lowest BCUT2D eigenvalue weighted by Gasteiger charge is -2.18. The van der Waals surface area contributed by atoms with Gasteiger partial charge in [-0.3, -0.25) is 9.59 Å². The van der Waals surface area contributed by atoms with E-state index in [1.807, 2.05) is 67.6 Å². The number of hydrogen-bond acceptors (Lipinski definition) is 6. The molecule has 3 aromatic rings. The van der Waals surface area contributed by atoms with E-state index in [0.29, 0.717) is 17.7 Å². The van der Waals surface area contributed by atoms with Crippen molar-refractivity contribution in [2.24, 2.45) is 0 Å². The van der Waals surface area contributed by atoms with Gasteiger partial charge in [0.05, 0.1) is 0 Å². The van der Waals surface area contributed by atoms with Crippen molar-refractivity contribution < 1.29 is 28.7 Å². The highest BCUT2D eigenvalue weighted by Gasteiger charge is 2.24. The Labute approximate surface area is 216 Å². The summed E-state index contributed by atoms with van der Waals surface area (Å²) in [5.41, 5.74) is 2.52. The smallest absolute Gasteiger partial charge is 0.408 e. The molecule has 0 saturated heterocycles. The molecule has 0 aromatic heterocycles. The van der Waals surface area contributed by atoms with Gasteiger partial charge in [0.2, 0.25) is 5.91 Å². The van der Waals surface area contributed by atoms with Crippen LogP contribution in [0.15, 0.2) is 84.9 Å². The number of carbonyl (C=O) groups is 4. The molecule has 2 amide bonds. The first kappa shape index (κ1) is 27.1. The summed E-state index contributed by atoms with van der Waals surface area (Å²) in [4.78, 5) is 49.5. The molecule has 0 aliphatic carbocycles. The van der Waals surface area contributed by atoms with Crippen LogP contribution < -0.4 is 10.6 Å². The average molecular weight is 503 g/mol. The maximum absolute atomic E-state index is 12.8. The summed E-state index contributed by atoms with van der Waals surface area (Å²) < 4.78 is 10.5. The first-order chi connectivity index (χ1) is 17.9. The highest BCUT2D eigenvalue weighted by Crippen LogP contribution is 2.12. The van der Waals surface area contributed by atoms with Crippen molar-refractivity contribution in [2.75, 3.05) is 11.9 Å². The summed E-state index contributed by atoms with van der Waals surface area (Å²) >= 11 is 0. The van der Waals surface area contributed by atoms with Gasteiger partial charge < -0.3 is 20.1 Å². The molecule has 1 atom stereocenters. The Morgan fingerprint density at radius 1 is 0.784 bits per heavy atom. The second kappa shape index (κ2) is 14.2. The molecule has 0 fully saturated rings. The summed E-state index contributed by atoms with van der Waals surface area (Å²) in [6.45, 7) is 1.47. The number of Topliss-reactive ketones (excluding diaryl/α,β-unsaturated/α-hetero) is 1. The fourth-order valence-corrected chi connectivity index (χ4v) is 3.46. The molecule has 192 valence electrons. The first-order valence-electron chi connectivity index (χ1n) is 12.1. The molecule has 2 N–H and O–H groups in total. The molecular formula is C29H30N2O6. The molecule has 0 unspecified atom stereocenters. The second-order valence-electron chi connectivity index (χ2n) is 8.35. The number of esters is 1. The van der Waals surface area contributed by atoms with Crippen LogP contribution in [-0.2, 0) is 32.1 Å². The lowest BCUT2D eigenvalue weighted by Crippen LogP contribution is -2.44. The lowest BCUT2D eigenvalue weighted by molar-refractivity contribution is -0.144. The number of alkyl carbamates (subject to hydrolysis) is 1. The molecule has 0 bridgehead atoms. The van der Waals surface area contributed by atoms with Gasteiger partial charge in [0.15, 0.2) is 12.4 Å². The van der Waals surface area contributed by atoms with Crippen molar-refractivity contribution in [1.82, 2.24) is 5.32 Å². The van der Waals surface area contributed by atoms with Gasteiger partial charge in [-0.15, -0.1) is 0 Å². The van der Waals surface area contributed by atoms with E-state index in [0.717, 1.165) is 17.5 Å². The Morgan fingerprint density at radius 3 is 2.03 bits per heavy atom. The maximum atomic E-state index is 12.8. The van der Waals surface area contributed by atoms with Crippen LogP contribution in [0.4, 0.5) is 10.5 Å². The van der Waals surface area contributed by atoms with Crippen molar-refractivity contribution >= 4 is 29.4 Å². The normalized spacial score (nSPS) is 11.2. The Kier molecular flexibility index (Phi) is 10.4. The van der Waals surface area contributed by atoms with Gasteiger partial charge in [0.1, 0.15) is 12.6 Å². The molecule has 37 heavy (non-hydrogen) atoms. The standard InChI is InChI=1S/C29H30N2O6/c1-2-9-27(33)30-24-16-14-23(15-17-24)26(32)20-36-28(34)25(18-21-10-5-3-6-11-21)31-29(35)37-19-22-12-7-4-8-13-22/h3-8,10-17,25H,2,9,18-20H2,1H3,(H,30,33)(H,31,35)/t25-/m0/s1. The summed E-state index contributed by atoms with van der Waals surface area (Å²) in [6.07, 6.45) is 0.544. The SMILES string of the molecule is CCCC(=O)Nc1ccc(C(=O)COC(=O)[C@H](Cc2ccccc2)NC(=O)OCc2ccccc2)cc1. The van der Waals surface area contributed by atoms with Crippen LogP contribution in [0.25, 0.3) is 0 Å². The van der Waals surface area contributed by atoms with E-state index in [-0.39, 0.29) is 18.9 Å². The zero-order chi connectivity index (χ0) is 26.5. The topological polar surface area (TPSA) is 111 Å². The zero-order valence-corrected chi connectivity index (χ0v) is 20.6. The Morgan fingerprint density at radius 2 is 1.41 bits per heavy atom. The number of nitrogens with one attached hydrogen (secondary N) is 2. The van der Waals surface area contributed by atoms with E-state index in [9.17, 15) is 19.2 Å². The van der Waals surface area contributed by atoms with E-state index in [4.69, 9.17) is 9.47 Å². The predicted molar refractivity (Wildman–Crippen MR) is 139 cm³/mol. The van der Waals surface area contributed by atoms with E-state index in [1.54, 1.807) is 24.3 Å². The van der Waals surface area contributed by atoms with Gasteiger partial charge in [-0.1, -0.05) is 67.6 Å². The van der Waals surface area contributed by atoms with Gasteiger partial charge in [-0.05, 0) is 41.8 Å². The van der Waals surface area contributed by atoms with Crippen molar-refractivity contribution in [3.8, 4) is 0 Å². The number of benzene rings is 3. The first-order valence-corrected chi connectivity index (χ1v) is 12.1. The van der Waals surface area contributed by atoms with Crippen molar-refractivity contribution in [3.63, 3.8) is 0 Å². The third-order valence-corrected chi connectivity index (χ3v) is 5.39. The maximum Gasteiger partial charge on any atom is 0.408 e. The molecule has 0 spiro atoms. The Balaban J connectivity index is 1.57. The molecule has 3 rings (SSSR count). The molecule has 0 radical (unpaired) electrons. The third-order valence-electron chi connectivity index (χ3n) is 5.39. The minimum Gasteiger partial charge on any atom is -0.456 e. The molecule has 0 heterocycles. The number of ketones is 1. The van der Waals surface area contributed by atoms with Crippen molar-refractivity contribution in [3.05, 3.63) is 102 Å². The number of carbonyl (C=O) groups excluding carboxylic acids is 4. The van der Waals surface area contributed by atoms with Crippen LogP contribution in [0.2, 0.25) is 0 Å². The van der Waals surface area contributed by atoms with E-state index < -0.39 is 30.5 Å². The molecule has 0 aliphatic heterocycles. The summed E-state index contributed by atoms with van der Waals surface area (Å²) in [5.74, 6) is -1.27. The fourth-order valence-electron chi connectivity index (χ4n) is 3.46.